The van der Waals surface area contributed by atoms with Crippen LogP contribution in [-0.4, -0.2) is 40.5 Å². The molecule has 0 rings (SSSR count). The van der Waals surface area contributed by atoms with E-state index in [9.17, 15) is 0 Å². The zero-order chi connectivity index (χ0) is 9.00. The van der Waals surface area contributed by atoms with Crippen LogP contribution in [0.4, 0.5) is 0 Å². The van der Waals surface area contributed by atoms with E-state index in [1.807, 2.05) is 0 Å². The second-order valence-corrected chi connectivity index (χ2v) is 2.45. The van der Waals surface area contributed by atoms with Crippen molar-refractivity contribution in [1.29, 1.82) is 0 Å². The van der Waals surface area contributed by atoms with Crippen LogP contribution in [0.25, 0.3) is 0 Å². The summed E-state index contributed by atoms with van der Waals surface area (Å²) in [4.78, 5) is 0. The third kappa shape index (κ3) is 4730. The quantitative estimate of drug-likeness (QED) is 0.319. The van der Waals surface area contributed by atoms with Gasteiger partial charge in [0.2, 0.25) is 0 Å². The van der Waals surface area contributed by atoms with Gasteiger partial charge >= 0.3 is 26.2 Å². The molecule has 0 aromatic rings. The van der Waals surface area contributed by atoms with Gasteiger partial charge in [-0.2, -0.15) is 0 Å². The smallest absolute Gasteiger partial charge is 2.00 e. The Balaban J connectivity index is -0.0000000267. The Hall–Kier alpha value is 0.543. The van der Waals surface area contributed by atoms with Crippen molar-refractivity contribution in [3.63, 3.8) is 0 Å². The van der Waals surface area contributed by atoms with Crippen molar-refractivity contribution in [2.24, 2.45) is 0 Å². The van der Waals surface area contributed by atoms with Crippen molar-refractivity contribution >= 4 is 20.8 Å². The van der Waals surface area contributed by atoms with Crippen LogP contribution >= 0.6 is 0 Å². The maximum Gasteiger partial charge on any atom is 4.00 e. The molecule has 13 heavy (non-hydrogen) atoms. The van der Waals surface area contributed by atoms with Crippen molar-refractivity contribution in [1.82, 2.24) is 0 Å². The van der Waals surface area contributed by atoms with E-state index >= 15 is 0 Å². The van der Waals surface area contributed by atoms with Crippen molar-refractivity contribution < 1.29 is 72.2 Å². The predicted molar refractivity (Wildman–Crippen MR) is 25.2 cm³/mol. The molecule has 13 heteroatoms. The van der Waals surface area contributed by atoms with Crippen LogP contribution in [0.5, 0.6) is 0 Å². The van der Waals surface area contributed by atoms with Gasteiger partial charge in [0.25, 0.3) is 0 Å². The van der Waals surface area contributed by atoms with Gasteiger partial charge in [0.05, 0.1) is 0 Å². The summed E-state index contributed by atoms with van der Waals surface area (Å²) in [6, 6.07) is 0. The van der Waals surface area contributed by atoms with Gasteiger partial charge in [-0.1, -0.05) is 0 Å². The Labute approximate surface area is 92.9 Å². The molecule has 0 atom stereocenters. The van der Waals surface area contributed by atoms with E-state index in [-0.39, 0.29) is 37.2 Å². The van der Waals surface area contributed by atoms with Crippen LogP contribution in [0.1, 0.15) is 0 Å². The molecule has 0 unspecified atom stereocenters. The van der Waals surface area contributed by atoms with Gasteiger partial charge in [-0.25, -0.2) is 0 Å². The van der Waals surface area contributed by atoms with Gasteiger partial charge in [-0.15, -0.1) is 0 Å². The van der Waals surface area contributed by atoms with Gasteiger partial charge < -0.3 is 29.2 Å². The summed E-state index contributed by atoms with van der Waals surface area (Å²) >= 11 is 0. The van der Waals surface area contributed by atoms with Gasteiger partial charge in [-0.3, -0.25) is 16.8 Å². The van der Waals surface area contributed by atoms with Gasteiger partial charge in [0.15, 0.2) is 0 Å². The Morgan fingerprint density at radius 2 is 0.692 bits per heavy atom. The molecule has 0 bridgehead atoms. The molecule has 80 valence electrons. The van der Waals surface area contributed by atoms with E-state index < -0.39 is 20.8 Å². The third-order valence-corrected chi connectivity index (χ3v) is 0. The van der Waals surface area contributed by atoms with E-state index in [4.69, 9.17) is 35.0 Å². The normalized spacial score (nSPS) is 8.92. The Morgan fingerprint density at radius 1 is 0.692 bits per heavy atom. The minimum Gasteiger partial charge on any atom is -2.00 e. The zero-order valence-corrected chi connectivity index (χ0v) is 9.58. The van der Waals surface area contributed by atoms with Crippen molar-refractivity contribution in [3.05, 3.63) is 0 Å². The van der Waals surface area contributed by atoms with Crippen LogP contribution < -0.4 is 0 Å². The summed E-state index contributed by atoms with van der Waals surface area (Å²) in [7, 11) is -10.3. The van der Waals surface area contributed by atoms with Crippen molar-refractivity contribution in [2.45, 2.75) is 0 Å². The van der Waals surface area contributed by atoms with Gasteiger partial charge in [-0.05, 0) is 0 Å². The van der Waals surface area contributed by atoms with Crippen molar-refractivity contribution in [2.75, 3.05) is 0 Å². The predicted octanol–water partition coefficient (Wildman–Crippen LogP) is -3.62. The maximum absolute atomic E-state index is 8.52. The molecule has 0 radical (unpaired) electrons. The topological polar surface area (TPSA) is 221 Å². The Morgan fingerprint density at radius 3 is 0.692 bits per heavy atom. The van der Waals surface area contributed by atoms with Crippen LogP contribution in [-0.2, 0) is 52.5 Å². The maximum atomic E-state index is 8.52. The molecule has 10 nitrogen and oxygen atoms in total. The minimum absolute atomic E-state index is 0. The second-order valence-electron chi connectivity index (χ2n) is 0.816. The molecule has 0 saturated carbocycles. The molecule has 0 aliphatic rings. The average molecular weight is 317 g/mol. The molecule has 0 aromatic carbocycles. The average Bonchev–Trinajstić information content (AvgIpc) is 1.12. The molecule has 0 saturated heterocycles. The molecule has 0 aliphatic carbocycles. The first-order valence-corrected chi connectivity index (χ1v) is 4.00. The number of rotatable bonds is 0. The fourth-order valence-corrected chi connectivity index (χ4v) is 0. The van der Waals surface area contributed by atoms with Gasteiger partial charge in [0.1, 0.15) is 0 Å². The molecular formula is H2O10S2Zr-2. The van der Waals surface area contributed by atoms with Crippen molar-refractivity contribution in [3.8, 4) is 0 Å². The minimum atomic E-state index is -5.17. The molecule has 0 aromatic heterocycles. The summed E-state index contributed by atoms with van der Waals surface area (Å²) in [5.41, 5.74) is 0. The van der Waals surface area contributed by atoms with E-state index in [1.54, 1.807) is 0 Å². The summed E-state index contributed by atoms with van der Waals surface area (Å²) in [6.45, 7) is 0. The van der Waals surface area contributed by atoms with Crippen LogP contribution in [0.2, 0.25) is 0 Å². The largest absolute Gasteiger partial charge is 4.00 e. The van der Waals surface area contributed by atoms with E-state index in [0.29, 0.717) is 0 Å². The fraction of sp³-hybridized carbons (Fsp3) is 0. The zero-order valence-electron chi connectivity index (χ0n) is 5.49. The van der Waals surface area contributed by atoms with E-state index in [1.165, 1.54) is 0 Å². The van der Waals surface area contributed by atoms with Gasteiger partial charge in [0, 0.05) is 20.8 Å². The van der Waals surface area contributed by atoms with Crippen LogP contribution in [0, 0.1) is 0 Å². The molecule has 2 N–H and O–H groups in total. The third-order valence-electron chi connectivity index (χ3n) is 0. The fourth-order valence-electron chi connectivity index (χ4n) is 0. The summed E-state index contributed by atoms with van der Waals surface area (Å²) in [5, 5.41) is 0. The standard InChI is InChI=1S/2H2O4S.H2O.O.Zr/c2*1-5(2,3)4;;;/h2*(H2,1,2,3,4);1H2;;/q;;;-2;+4/p-4. The summed E-state index contributed by atoms with van der Waals surface area (Å²) in [6.07, 6.45) is 0. The molecule has 0 amide bonds. The van der Waals surface area contributed by atoms with Crippen LogP contribution in [0.15, 0.2) is 0 Å². The Kier molecular flexibility index (Phi) is 23.9. The first-order valence-electron chi connectivity index (χ1n) is 1.33. The molecule has 0 heterocycles. The number of hydrogen-bond donors (Lipinski definition) is 0. The first-order chi connectivity index (χ1) is 4.00. The monoisotopic (exact) mass is 316 g/mol. The summed E-state index contributed by atoms with van der Waals surface area (Å²) in [5.74, 6) is 0. The van der Waals surface area contributed by atoms with E-state index in [0.717, 1.165) is 0 Å². The first kappa shape index (κ1) is 29.2. The molecule has 0 fully saturated rings. The van der Waals surface area contributed by atoms with Crippen LogP contribution in [0.3, 0.4) is 0 Å². The van der Waals surface area contributed by atoms with E-state index in [2.05, 4.69) is 0 Å². The Bertz CT molecular complexity index is 209. The second kappa shape index (κ2) is 10.6. The molecule has 0 aliphatic heterocycles. The SMILES string of the molecule is O.O=S(=O)([O-])[O-].O=S(=O)([O-])[O-].[O-2].[Zr+4]. The molecule has 0 spiro atoms. The molecular weight excluding hydrogens is 315 g/mol. The number of hydrogen-bond acceptors (Lipinski definition) is 8. The summed E-state index contributed by atoms with van der Waals surface area (Å²) < 4.78 is 68.2.